The van der Waals surface area contributed by atoms with Gasteiger partial charge in [-0.15, -0.1) is 0 Å². The van der Waals surface area contributed by atoms with Crippen LogP contribution in [0, 0.1) is 0 Å². The summed E-state index contributed by atoms with van der Waals surface area (Å²) in [6, 6.07) is 27.1. The van der Waals surface area contributed by atoms with E-state index in [1.165, 1.54) is 6.33 Å². The van der Waals surface area contributed by atoms with E-state index in [1.54, 1.807) is 0 Å². The van der Waals surface area contributed by atoms with Crippen LogP contribution in [-0.4, -0.2) is 24.6 Å². The maximum Gasteiger partial charge on any atom is 0.209 e. The molecule has 8 heteroatoms. The standard InChI is InChI=1S/C25H24N4O3S/c1-33(30,31)28-16-20-10-7-11-21(14-20)29-25-15-23(26-18-27-25)22-12-5-6-13-24(22)32-17-19-8-3-2-4-9-19/h2-15,18,28H,16-17H2,1H3,(H,26,27,29). The first-order valence-electron chi connectivity index (χ1n) is 10.3. The number of hydrogen-bond donors (Lipinski definition) is 2. The predicted molar refractivity (Wildman–Crippen MR) is 130 cm³/mol. The SMILES string of the molecule is CS(=O)(=O)NCc1cccc(Nc2cc(-c3ccccc3OCc3ccccc3)ncn2)c1. The molecule has 0 bridgehead atoms. The summed E-state index contributed by atoms with van der Waals surface area (Å²) in [4.78, 5) is 8.76. The molecular weight excluding hydrogens is 436 g/mol. The Hall–Kier alpha value is -3.75. The lowest BCUT2D eigenvalue weighted by Crippen LogP contribution is -2.21. The minimum atomic E-state index is -3.26. The first-order chi connectivity index (χ1) is 16.0. The largest absolute Gasteiger partial charge is 0.488 e. The van der Waals surface area contributed by atoms with E-state index >= 15 is 0 Å². The predicted octanol–water partition coefficient (Wildman–Crippen LogP) is 4.52. The Kier molecular flexibility index (Phi) is 6.97. The van der Waals surface area contributed by atoms with Crippen LogP contribution in [-0.2, 0) is 23.2 Å². The summed E-state index contributed by atoms with van der Waals surface area (Å²) in [5, 5.41) is 3.26. The molecule has 0 radical (unpaired) electrons. The molecule has 0 aliphatic heterocycles. The molecule has 0 saturated carbocycles. The Morgan fingerprint density at radius 1 is 0.848 bits per heavy atom. The molecule has 0 fully saturated rings. The van der Waals surface area contributed by atoms with Gasteiger partial charge in [-0.3, -0.25) is 0 Å². The van der Waals surface area contributed by atoms with Crippen LogP contribution in [0.4, 0.5) is 11.5 Å². The molecule has 33 heavy (non-hydrogen) atoms. The fraction of sp³-hybridized carbons (Fsp3) is 0.120. The van der Waals surface area contributed by atoms with Crippen molar-refractivity contribution in [2.24, 2.45) is 0 Å². The molecule has 0 saturated heterocycles. The van der Waals surface area contributed by atoms with E-state index in [-0.39, 0.29) is 6.54 Å². The quantitative estimate of drug-likeness (QED) is 0.382. The minimum Gasteiger partial charge on any atom is -0.488 e. The molecule has 0 unspecified atom stereocenters. The highest BCUT2D eigenvalue weighted by molar-refractivity contribution is 7.88. The fourth-order valence-electron chi connectivity index (χ4n) is 3.23. The summed E-state index contributed by atoms with van der Waals surface area (Å²) in [6.07, 6.45) is 2.64. The van der Waals surface area contributed by atoms with Crippen molar-refractivity contribution >= 4 is 21.5 Å². The first kappa shape index (κ1) is 22.4. The average Bonchev–Trinajstić information content (AvgIpc) is 2.82. The Labute approximate surface area is 193 Å². The molecule has 168 valence electrons. The topological polar surface area (TPSA) is 93.2 Å². The highest BCUT2D eigenvalue weighted by Gasteiger charge is 2.10. The van der Waals surface area contributed by atoms with Gasteiger partial charge in [0.15, 0.2) is 0 Å². The van der Waals surface area contributed by atoms with E-state index in [9.17, 15) is 8.42 Å². The van der Waals surface area contributed by atoms with Gasteiger partial charge in [0.1, 0.15) is 24.5 Å². The minimum absolute atomic E-state index is 0.218. The molecule has 2 N–H and O–H groups in total. The number of benzene rings is 3. The van der Waals surface area contributed by atoms with Crippen molar-refractivity contribution in [1.82, 2.24) is 14.7 Å². The lowest BCUT2D eigenvalue weighted by atomic mass is 10.1. The van der Waals surface area contributed by atoms with Gasteiger partial charge in [-0.25, -0.2) is 23.1 Å². The summed E-state index contributed by atoms with van der Waals surface area (Å²) in [5.74, 6) is 1.35. The van der Waals surface area contributed by atoms with Gasteiger partial charge in [0.25, 0.3) is 0 Å². The zero-order chi connectivity index (χ0) is 23.1. The number of ether oxygens (including phenoxy) is 1. The first-order valence-corrected chi connectivity index (χ1v) is 12.2. The van der Waals surface area contributed by atoms with Crippen LogP contribution in [0.2, 0.25) is 0 Å². The van der Waals surface area contributed by atoms with E-state index in [4.69, 9.17) is 4.74 Å². The van der Waals surface area contributed by atoms with Gasteiger partial charge >= 0.3 is 0 Å². The van der Waals surface area contributed by atoms with Gasteiger partial charge in [0, 0.05) is 23.9 Å². The fourth-order valence-corrected chi connectivity index (χ4v) is 3.66. The molecule has 0 amide bonds. The lowest BCUT2D eigenvalue weighted by Gasteiger charge is -2.12. The van der Waals surface area contributed by atoms with E-state index < -0.39 is 10.0 Å². The maximum absolute atomic E-state index is 11.4. The summed E-state index contributed by atoms with van der Waals surface area (Å²) in [7, 11) is -3.26. The van der Waals surface area contributed by atoms with Crippen LogP contribution in [0.25, 0.3) is 11.3 Å². The zero-order valence-electron chi connectivity index (χ0n) is 18.1. The Morgan fingerprint density at radius 2 is 1.61 bits per heavy atom. The molecular formula is C25H24N4O3S. The second-order valence-corrected chi connectivity index (χ2v) is 9.31. The molecule has 0 spiro atoms. The van der Waals surface area contributed by atoms with Crippen molar-refractivity contribution in [1.29, 1.82) is 0 Å². The van der Waals surface area contributed by atoms with Crippen LogP contribution in [0.15, 0.2) is 91.3 Å². The number of anilines is 2. The van der Waals surface area contributed by atoms with Crippen LogP contribution in [0.1, 0.15) is 11.1 Å². The number of nitrogens with one attached hydrogen (secondary N) is 2. The van der Waals surface area contributed by atoms with Crippen molar-refractivity contribution in [2.45, 2.75) is 13.2 Å². The van der Waals surface area contributed by atoms with Crippen molar-refractivity contribution in [2.75, 3.05) is 11.6 Å². The number of rotatable bonds is 9. The molecule has 0 aliphatic carbocycles. The maximum atomic E-state index is 11.4. The number of nitrogens with zero attached hydrogens (tertiary/aromatic N) is 2. The lowest BCUT2D eigenvalue weighted by molar-refractivity contribution is 0.307. The van der Waals surface area contributed by atoms with Crippen molar-refractivity contribution in [3.63, 3.8) is 0 Å². The van der Waals surface area contributed by atoms with E-state index in [1.807, 2.05) is 84.9 Å². The third-order valence-corrected chi connectivity index (χ3v) is 5.47. The van der Waals surface area contributed by atoms with Gasteiger partial charge in [0.2, 0.25) is 10.0 Å². The van der Waals surface area contributed by atoms with Gasteiger partial charge in [-0.2, -0.15) is 0 Å². The number of para-hydroxylation sites is 1. The zero-order valence-corrected chi connectivity index (χ0v) is 18.9. The highest BCUT2D eigenvalue weighted by atomic mass is 32.2. The smallest absolute Gasteiger partial charge is 0.209 e. The van der Waals surface area contributed by atoms with Crippen molar-refractivity contribution < 1.29 is 13.2 Å². The van der Waals surface area contributed by atoms with Gasteiger partial charge < -0.3 is 10.1 Å². The third kappa shape index (κ3) is 6.61. The number of hydrogen-bond acceptors (Lipinski definition) is 6. The van der Waals surface area contributed by atoms with Crippen molar-refractivity contribution in [3.05, 3.63) is 102 Å². The Balaban J connectivity index is 1.51. The number of aromatic nitrogens is 2. The van der Waals surface area contributed by atoms with Gasteiger partial charge in [0.05, 0.1) is 11.9 Å². The second kappa shape index (κ2) is 10.2. The molecule has 4 rings (SSSR count). The molecule has 0 atom stereocenters. The summed E-state index contributed by atoms with van der Waals surface area (Å²) >= 11 is 0. The Bertz CT molecular complexity index is 1330. The van der Waals surface area contributed by atoms with Gasteiger partial charge in [-0.1, -0.05) is 54.6 Å². The molecule has 0 aliphatic rings. The van der Waals surface area contributed by atoms with E-state index in [0.29, 0.717) is 12.4 Å². The van der Waals surface area contributed by atoms with Crippen LogP contribution < -0.4 is 14.8 Å². The third-order valence-electron chi connectivity index (χ3n) is 4.81. The van der Waals surface area contributed by atoms with Crippen LogP contribution in [0.5, 0.6) is 5.75 Å². The molecule has 7 nitrogen and oxygen atoms in total. The molecule has 1 heterocycles. The summed E-state index contributed by atoms with van der Waals surface area (Å²) in [5.41, 5.74) is 4.30. The van der Waals surface area contributed by atoms with Crippen molar-refractivity contribution in [3.8, 4) is 17.0 Å². The monoisotopic (exact) mass is 460 g/mol. The van der Waals surface area contributed by atoms with Crippen LogP contribution >= 0.6 is 0 Å². The summed E-state index contributed by atoms with van der Waals surface area (Å²) in [6.45, 7) is 0.678. The summed E-state index contributed by atoms with van der Waals surface area (Å²) < 4.78 is 31.3. The van der Waals surface area contributed by atoms with E-state index in [2.05, 4.69) is 20.0 Å². The normalized spacial score (nSPS) is 11.2. The highest BCUT2D eigenvalue weighted by Crippen LogP contribution is 2.30. The molecule has 1 aromatic heterocycles. The number of sulfonamides is 1. The van der Waals surface area contributed by atoms with Crippen LogP contribution in [0.3, 0.4) is 0 Å². The van der Waals surface area contributed by atoms with E-state index in [0.717, 1.165) is 40.1 Å². The Morgan fingerprint density at radius 3 is 2.42 bits per heavy atom. The molecule has 3 aromatic carbocycles. The average molecular weight is 461 g/mol. The molecule has 4 aromatic rings. The van der Waals surface area contributed by atoms with Gasteiger partial charge in [-0.05, 0) is 35.4 Å². The second-order valence-electron chi connectivity index (χ2n) is 7.48.